The van der Waals surface area contributed by atoms with Gasteiger partial charge in [-0.1, -0.05) is 19.3 Å². The molecule has 1 aliphatic rings. The molecule has 7 heteroatoms. The lowest BCUT2D eigenvalue weighted by Gasteiger charge is -2.27. The molecule has 1 aliphatic carbocycles. The number of carbonyl (C=O) groups is 1. The van der Waals surface area contributed by atoms with E-state index in [-0.39, 0.29) is 12.5 Å². The van der Waals surface area contributed by atoms with Gasteiger partial charge in [-0.2, -0.15) is 5.10 Å². The summed E-state index contributed by atoms with van der Waals surface area (Å²) in [5, 5.41) is 7.11. The minimum absolute atomic E-state index is 0.0582. The number of aromatic amines is 1. The summed E-state index contributed by atoms with van der Waals surface area (Å²) in [6.07, 6.45) is 6.32. The molecule has 6 nitrogen and oxygen atoms in total. The van der Waals surface area contributed by atoms with Gasteiger partial charge in [-0.15, -0.1) is 0 Å². The molecule has 3 rings (SSSR count). The minimum atomic E-state index is 0.0582. The number of H-pyrrole nitrogens is 1. The van der Waals surface area contributed by atoms with E-state index in [2.05, 4.69) is 10.2 Å². The van der Waals surface area contributed by atoms with Gasteiger partial charge in [0.25, 0.3) is 0 Å². The van der Waals surface area contributed by atoms with Crippen LogP contribution in [0.3, 0.4) is 0 Å². The zero-order valence-electron chi connectivity index (χ0n) is 15.4. The number of carbonyl (C=O) groups excluding carboxylic acids is 1. The van der Waals surface area contributed by atoms with Crippen molar-refractivity contribution in [2.45, 2.75) is 38.6 Å². The first-order chi connectivity index (χ1) is 12.6. The zero-order chi connectivity index (χ0) is 18.5. The van der Waals surface area contributed by atoms with Crippen LogP contribution in [0.4, 0.5) is 0 Å². The van der Waals surface area contributed by atoms with E-state index in [1.54, 1.807) is 11.7 Å². The van der Waals surface area contributed by atoms with E-state index in [1.807, 2.05) is 36.2 Å². The van der Waals surface area contributed by atoms with Crippen LogP contribution < -0.4 is 4.74 Å². The van der Waals surface area contributed by atoms with Gasteiger partial charge in [0.1, 0.15) is 12.3 Å². The van der Waals surface area contributed by atoms with Gasteiger partial charge in [0.05, 0.1) is 7.11 Å². The Morgan fingerprint density at radius 2 is 2.00 bits per heavy atom. The number of ether oxygens (including phenoxy) is 1. The van der Waals surface area contributed by atoms with Crippen molar-refractivity contribution < 1.29 is 9.53 Å². The largest absolute Gasteiger partial charge is 0.497 e. The van der Waals surface area contributed by atoms with Gasteiger partial charge < -0.3 is 9.64 Å². The Bertz CT molecular complexity index is 791. The van der Waals surface area contributed by atoms with Crippen LogP contribution in [0.25, 0.3) is 11.4 Å². The molecule has 1 aromatic heterocycles. The maximum Gasteiger partial charge on any atom is 0.242 e. The number of hydrogen-bond donors (Lipinski definition) is 1. The Hall–Kier alpha value is -2.15. The van der Waals surface area contributed by atoms with Crippen LogP contribution in [0, 0.1) is 10.7 Å². The van der Waals surface area contributed by atoms with Crippen LogP contribution in [-0.2, 0) is 11.3 Å². The van der Waals surface area contributed by atoms with Gasteiger partial charge in [0, 0.05) is 19.2 Å². The summed E-state index contributed by atoms with van der Waals surface area (Å²) >= 11 is 5.34. The molecule has 140 valence electrons. The quantitative estimate of drug-likeness (QED) is 0.784. The van der Waals surface area contributed by atoms with E-state index >= 15 is 0 Å². The summed E-state index contributed by atoms with van der Waals surface area (Å²) in [5.74, 6) is 2.12. The van der Waals surface area contributed by atoms with E-state index in [1.165, 1.54) is 32.1 Å². The number of benzene rings is 1. The van der Waals surface area contributed by atoms with Crippen molar-refractivity contribution in [2.75, 3.05) is 20.7 Å². The van der Waals surface area contributed by atoms with Gasteiger partial charge in [-0.05, 0) is 55.2 Å². The average Bonchev–Trinajstić information content (AvgIpc) is 3.03. The summed E-state index contributed by atoms with van der Waals surface area (Å²) in [4.78, 5) is 14.6. The van der Waals surface area contributed by atoms with Crippen molar-refractivity contribution in [3.8, 4) is 17.1 Å². The fourth-order valence-electron chi connectivity index (χ4n) is 3.54. The third-order valence-electron chi connectivity index (χ3n) is 5.08. The molecule has 0 aliphatic heterocycles. The predicted molar refractivity (Wildman–Crippen MR) is 104 cm³/mol. The second-order valence-electron chi connectivity index (χ2n) is 6.95. The standard InChI is InChI=1S/C19H26N4O2S/c1-22(12-14-6-4-3-5-7-14)17(24)13-23-18(20-21-19(23)26)15-8-10-16(25-2)11-9-15/h8-11,14H,3-7,12-13H2,1-2H3,(H,21,26). The summed E-state index contributed by atoms with van der Waals surface area (Å²) in [5.41, 5.74) is 0.890. The number of hydrogen-bond acceptors (Lipinski definition) is 4. The van der Waals surface area contributed by atoms with Crippen LogP contribution in [-0.4, -0.2) is 46.3 Å². The Labute approximate surface area is 159 Å². The third kappa shape index (κ3) is 4.33. The normalized spacial score (nSPS) is 15.0. The van der Waals surface area contributed by atoms with Gasteiger partial charge in [0.15, 0.2) is 10.6 Å². The van der Waals surface area contributed by atoms with Crippen LogP contribution in [0.1, 0.15) is 32.1 Å². The molecule has 1 heterocycles. The molecule has 1 aromatic carbocycles. The fraction of sp³-hybridized carbons (Fsp3) is 0.526. The number of likely N-dealkylation sites (N-methyl/N-ethyl adjacent to an activating group) is 1. The molecule has 0 saturated heterocycles. The highest BCUT2D eigenvalue weighted by Crippen LogP contribution is 2.24. The molecular formula is C19H26N4O2S. The molecular weight excluding hydrogens is 348 g/mol. The summed E-state index contributed by atoms with van der Waals surface area (Å²) in [6, 6.07) is 7.57. The molecule has 0 bridgehead atoms. The summed E-state index contributed by atoms with van der Waals surface area (Å²) < 4.78 is 7.41. The Morgan fingerprint density at radius 3 is 2.65 bits per heavy atom. The monoisotopic (exact) mass is 374 g/mol. The second-order valence-corrected chi connectivity index (χ2v) is 7.33. The molecule has 1 fully saturated rings. The molecule has 0 spiro atoms. The highest BCUT2D eigenvalue weighted by Gasteiger charge is 2.20. The number of methoxy groups -OCH3 is 1. The predicted octanol–water partition coefficient (Wildman–Crippen LogP) is 3.65. The van der Waals surface area contributed by atoms with Crippen LogP contribution in [0.15, 0.2) is 24.3 Å². The summed E-state index contributed by atoms with van der Waals surface area (Å²) in [6.45, 7) is 1.02. The van der Waals surface area contributed by atoms with Crippen molar-refractivity contribution in [2.24, 2.45) is 5.92 Å². The zero-order valence-corrected chi connectivity index (χ0v) is 16.2. The number of nitrogens with one attached hydrogen (secondary N) is 1. The van der Waals surface area contributed by atoms with E-state index in [4.69, 9.17) is 17.0 Å². The Kier molecular flexibility index (Phi) is 6.08. The first-order valence-electron chi connectivity index (χ1n) is 9.12. The van der Waals surface area contributed by atoms with Crippen molar-refractivity contribution in [3.05, 3.63) is 29.0 Å². The van der Waals surface area contributed by atoms with E-state index < -0.39 is 0 Å². The molecule has 0 unspecified atom stereocenters. The number of amides is 1. The van der Waals surface area contributed by atoms with Gasteiger partial charge in [-0.25, -0.2) is 0 Å². The molecule has 1 N–H and O–H groups in total. The summed E-state index contributed by atoms with van der Waals surface area (Å²) in [7, 11) is 3.51. The second kappa shape index (κ2) is 8.49. The van der Waals surface area contributed by atoms with Crippen molar-refractivity contribution in [1.82, 2.24) is 19.7 Å². The molecule has 0 radical (unpaired) electrons. The number of aromatic nitrogens is 3. The molecule has 1 amide bonds. The highest BCUT2D eigenvalue weighted by molar-refractivity contribution is 7.71. The van der Waals surface area contributed by atoms with Crippen molar-refractivity contribution >= 4 is 18.1 Å². The smallest absolute Gasteiger partial charge is 0.242 e. The van der Waals surface area contributed by atoms with Crippen molar-refractivity contribution in [1.29, 1.82) is 0 Å². The van der Waals surface area contributed by atoms with Crippen LogP contribution in [0.5, 0.6) is 5.75 Å². The molecule has 2 aromatic rings. The fourth-order valence-corrected chi connectivity index (χ4v) is 3.74. The van der Waals surface area contributed by atoms with E-state index in [9.17, 15) is 4.79 Å². The van der Waals surface area contributed by atoms with Crippen molar-refractivity contribution in [3.63, 3.8) is 0 Å². The van der Waals surface area contributed by atoms with Gasteiger partial charge >= 0.3 is 0 Å². The topological polar surface area (TPSA) is 63.1 Å². The number of rotatable bonds is 6. The van der Waals surface area contributed by atoms with E-state index in [0.29, 0.717) is 16.5 Å². The first kappa shape index (κ1) is 18.6. The highest BCUT2D eigenvalue weighted by atomic mass is 32.1. The average molecular weight is 375 g/mol. The van der Waals surface area contributed by atoms with Crippen LogP contribution >= 0.6 is 12.2 Å². The number of nitrogens with zero attached hydrogens (tertiary/aromatic N) is 3. The van der Waals surface area contributed by atoms with E-state index in [0.717, 1.165) is 17.9 Å². The Morgan fingerprint density at radius 1 is 1.31 bits per heavy atom. The first-order valence-corrected chi connectivity index (χ1v) is 9.53. The maximum atomic E-state index is 12.7. The minimum Gasteiger partial charge on any atom is -0.497 e. The third-order valence-corrected chi connectivity index (χ3v) is 5.39. The molecule has 0 atom stereocenters. The van der Waals surface area contributed by atoms with Crippen LogP contribution in [0.2, 0.25) is 0 Å². The van der Waals surface area contributed by atoms with Gasteiger partial charge in [0.2, 0.25) is 5.91 Å². The van der Waals surface area contributed by atoms with Gasteiger partial charge in [-0.3, -0.25) is 14.5 Å². The lowest BCUT2D eigenvalue weighted by atomic mass is 9.89. The lowest BCUT2D eigenvalue weighted by Crippen LogP contribution is -2.35. The molecule has 1 saturated carbocycles. The molecule has 26 heavy (non-hydrogen) atoms. The lowest BCUT2D eigenvalue weighted by molar-refractivity contribution is -0.131. The maximum absolute atomic E-state index is 12.7. The Balaban J connectivity index is 1.71. The SMILES string of the molecule is COc1ccc(-c2n[nH]c(=S)n2CC(=O)N(C)CC2CCCCC2)cc1.